The number of benzene rings is 1. The van der Waals surface area contributed by atoms with Crippen LogP contribution in [-0.2, 0) is 6.18 Å². The number of anilines is 3. The average molecular weight is 365 g/mol. The third kappa shape index (κ3) is 3.81. The molecule has 9 heteroatoms. The molecule has 0 aliphatic heterocycles. The molecule has 2 aromatic rings. The van der Waals surface area contributed by atoms with Gasteiger partial charge in [0.1, 0.15) is 11.6 Å². The number of aromatic nitrogens is 2. The van der Waals surface area contributed by atoms with Crippen LogP contribution in [0, 0.1) is 5.82 Å². The fourth-order valence-corrected chi connectivity index (χ4v) is 1.83. The molecule has 0 aliphatic rings. The van der Waals surface area contributed by atoms with Gasteiger partial charge in [0.25, 0.3) is 0 Å². The molecular formula is C12H9BrF4N4. The Kier molecular flexibility index (Phi) is 4.31. The third-order valence-electron chi connectivity index (χ3n) is 2.43. The van der Waals surface area contributed by atoms with E-state index in [0.29, 0.717) is 10.5 Å². The van der Waals surface area contributed by atoms with Crippen molar-refractivity contribution in [3.63, 3.8) is 0 Å². The first-order valence-corrected chi connectivity index (χ1v) is 6.45. The van der Waals surface area contributed by atoms with Gasteiger partial charge in [-0.2, -0.15) is 18.2 Å². The molecule has 112 valence electrons. The lowest BCUT2D eigenvalue weighted by atomic mass is 10.3. The monoisotopic (exact) mass is 364 g/mol. The minimum absolute atomic E-state index is 0.00655. The van der Waals surface area contributed by atoms with E-state index in [2.05, 4.69) is 36.5 Å². The zero-order valence-corrected chi connectivity index (χ0v) is 12.2. The lowest BCUT2D eigenvalue weighted by Gasteiger charge is -2.12. The highest BCUT2D eigenvalue weighted by Gasteiger charge is 2.33. The van der Waals surface area contributed by atoms with Crippen molar-refractivity contribution in [1.82, 2.24) is 9.97 Å². The third-order valence-corrected chi connectivity index (χ3v) is 2.93. The van der Waals surface area contributed by atoms with Crippen LogP contribution in [0.2, 0.25) is 0 Å². The molecule has 4 nitrogen and oxygen atoms in total. The summed E-state index contributed by atoms with van der Waals surface area (Å²) in [5, 5.41) is 4.93. The Labute approximate surface area is 125 Å². The van der Waals surface area contributed by atoms with Crippen molar-refractivity contribution in [2.24, 2.45) is 0 Å². The minimum Gasteiger partial charge on any atom is -0.357 e. The standard InChI is InChI=1S/C12H9BrF4N4/c1-18-11-20-9(12(15,16)17)5-10(21-11)19-8-3-2-6(13)4-7(8)14/h2-5H,1H3,(H2,18,19,20,21). The molecule has 0 fully saturated rings. The molecule has 0 bridgehead atoms. The van der Waals surface area contributed by atoms with E-state index in [4.69, 9.17) is 0 Å². The van der Waals surface area contributed by atoms with Gasteiger partial charge < -0.3 is 10.6 Å². The van der Waals surface area contributed by atoms with Gasteiger partial charge in [0.15, 0.2) is 5.69 Å². The van der Waals surface area contributed by atoms with Gasteiger partial charge in [-0.1, -0.05) is 15.9 Å². The fourth-order valence-electron chi connectivity index (χ4n) is 1.50. The van der Waals surface area contributed by atoms with Crippen molar-refractivity contribution < 1.29 is 17.6 Å². The van der Waals surface area contributed by atoms with E-state index in [1.54, 1.807) is 6.07 Å². The second-order valence-electron chi connectivity index (χ2n) is 3.96. The summed E-state index contributed by atoms with van der Waals surface area (Å²) in [6.07, 6.45) is -4.62. The van der Waals surface area contributed by atoms with Gasteiger partial charge in [-0.25, -0.2) is 9.37 Å². The van der Waals surface area contributed by atoms with Gasteiger partial charge in [0, 0.05) is 17.6 Å². The maximum absolute atomic E-state index is 13.7. The Bertz CT molecular complexity index is 660. The zero-order chi connectivity index (χ0) is 15.6. The van der Waals surface area contributed by atoms with Crippen molar-refractivity contribution in [3.05, 3.63) is 40.2 Å². The molecule has 0 saturated carbocycles. The molecule has 0 atom stereocenters. The Morgan fingerprint density at radius 1 is 1.14 bits per heavy atom. The van der Waals surface area contributed by atoms with E-state index in [-0.39, 0.29) is 17.5 Å². The van der Waals surface area contributed by atoms with Crippen LogP contribution in [0.25, 0.3) is 0 Å². The van der Waals surface area contributed by atoms with Gasteiger partial charge >= 0.3 is 6.18 Å². The SMILES string of the molecule is CNc1nc(Nc2ccc(Br)cc2F)cc(C(F)(F)F)n1. The Balaban J connectivity index is 2.39. The maximum Gasteiger partial charge on any atom is 0.433 e. The number of hydrogen-bond donors (Lipinski definition) is 2. The minimum atomic E-state index is -4.62. The summed E-state index contributed by atoms with van der Waals surface area (Å²) in [4.78, 5) is 7.13. The van der Waals surface area contributed by atoms with E-state index in [0.717, 1.165) is 0 Å². The lowest BCUT2D eigenvalue weighted by Crippen LogP contribution is -2.12. The van der Waals surface area contributed by atoms with E-state index in [9.17, 15) is 17.6 Å². The topological polar surface area (TPSA) is 49.8 Å². The first-order valence-electron chi connectivity index (χ1n) is 5.65. The summed E-state index contributed by atoms with van der Waals surface area (Å²) < 4.78 is 52.4. The van der Waals surface area contributed by atoms with Crippen LogP contribution in [0.4, 0.5) is 35.0 Å². The highest BCUT2D eigenvalue weighted by Crippen LogP contribution is 2.31. The molecule has 2 N–H and O–H groups in total. The van der Waals surface area contributed by atoms with Crippen molar-refractivity contribution in [1.29, 1.82) is 0 Å². The van der Waals surface area contributed by atoms with E-state index >= 15 is 0 Å². The molecule has 2 rings (SSSR count). The van der Waals surface area contributed by atoms with E-state index in [1.807, 2.05) is 0 Å². The molecular weight excluding hydrogens is 356 g/mol. The van der Waals surface area contributed by atoms with Crippen LogP contribution in [0.1, 0.15) is 5.69 Å². The number of alkyl halides is 3. The van der Waals surface area contributed by atoms with Crippen molar-refractivity contribution in [3.8, 4) is 0 Å². The highest BCUT2D eigenvalue weighted by atomic mass is 79.9. The molecule has 1 aromatic carbocycles. The Morgan fingerprint density at radius 3 is 2.43 bits per heavy atom. The lowest BCUT2D eigenvalue weighted by molar-refractivity contribution is -0.141. The quantitative estimate of drug-likeness (QED) is 0.802. The van der Waals surface area contributed by atoms with Gasteiger partial charge in [0.05, 0.1) is 5.69 Å². The summed E-state index contributed by atoms with van der Waals surface area (Å²) in [5.74, 6) is -1.00. The Hall–Kier alpha value is -1.90. The van der Waals surface area contributed by atoms with E-state index < -0.39 is 17.7 Å². The molecule has 0 saturated heterocycles. The van der Waals surface area contributed by atoms with Crippen molar-refractivity contribution in [2.45, 2.75) is 6.18 Å². The first kappa shape index (κ1) is 15.5. The summed E-state index contributed by atoms with van der Waals surface area (Å²) in [6.45, 7) is 0. The van der Waals surface area contributed by atoms with Crippen LogP contribution < -0.4 is 10.6 Å². The van der Waals surface area contributed by atoms with Gasteiger partial charge in [0.2, 0.25) is 5.95 Å². The number of nitrogens with zero attached hydrogens (tertiary/aromatic N) is 2. The number of hydrogen-bond acceptors (Lipinski definition) is 4. The first-order chi connectivity index (χ1) is 9.79. The molecule has 21 heavy (non-hydrogen) atoms. The van der Waals surface area contributed by atoms with Crippen molar-refractivity contribution >= 4 is 33.4 Å². The molecule has 0 amide bonds. The van der Waals surface area contributed by atoms with Crippen LogP contribution in [0.3, 0.4) is 0 Å². The molecule has 1 aromatic heterocycles. The van der Waals surface area contributed by atoms with Crippen LogP contribution in [-0.4, -0.2) is 17.0 Å². The normalized spacial score (nSPS) is 11.3. The molecule has 0 unspecified atom stereocenters. The summed E-state index contributed by atoms with van der Waals surface area (Å²) in [6, 6.07) is 4.83. The van der Waals surface area contributed by atoms with Crippen LogP contribution in [0.5, 0.6) is 0 Å². The Morgan fingerprint density at radius 2 is 1.86 bits per heavy atom. The number of nitrogens with one attached hydrogen (secondary N) is 2. The van der Waals surface area contributed by atoms with Gasteiger partial charge in [-0.3, -0.25) is 0 Å². The summed E-state index contributed by atoms with van der Waals surface area (Å²) in [7, 11) is 1.39. The predicted octanol–water partition coefficient (Wildman–Crippen LogP) is 4.18. The second-order valence-corrected chi connectivity index (χ2v) is 4.87. The van der Waals surface area contributed by atoms with Crippen LogP contribution >= 0.6 is 15.9 Å². The zero-order valence-electron chi connectivity index (χ0n) is 10.6. The largest absolute Gasteiger partial charge is 0.433 e. The average Bonchev–Trinajstić information content (AvgIpc) is 2.40. The molecule has 0 radical (unpaired) electrons. The van der Waals surface area contributed by atoms with Crippen molar-refractivity contribution in [2.75, 3.05) is 17.7 Å². The second kappa shape index (κ2) is 5.84. The smallest absolute Gasteiger partial charge is 0.357 e. The highest BCUT2D eigenvalue weighted by molar-refractivity contribution is 9.10. The van der Waals surface area contributed by atoms with Gasteiger partial charge in [-0.05, 0) is 18.2 Å². The molecule has 0 spiro atoms. The summed E-state index contributed by atoms with van der Waals surface area (Å²) >= 11 is 3.09. The van der Waals surface area contributed by atoms with Crippen LogP contribution in [0.15, 0.2) is 28.7 Å². The fraction of sp³-hybridized carbons (Fsp3) is 0.167. The number of rotatable bonds is 3. The maximum atomic E-state index is 13.7. The summed E-state index contributed by atoms with van der Waals surface area (Å²) in [5.41, 5.74) is -1.12. The van der Waals surface area contributed by atoms with E-state index in [1.165, 1.54) is 19.2 Å². The predicted molar refractivity (Wildman–Crippen MR) is 74.0 cm³/mol. The van der Waals surface area contributed by atoms with Gasteiger partial charge in [-0.15, -0.1) is 0 Å². The number of halogens is 5. The molecule has 1 heterocycles. The molecule has 0 aliphatic carbocycles.